The fourth-order valence-corrected chi connectivity index (χ4v) is 0. The molecule has 0 aromatic carbocycles. The van der Waals surface area contributed by atoms with E-state index in [0.717, 1.165) is 0 Å². The van der Waals surface area contributed by atoms with Crippen molar-refractivity contribution in [3.63, 3.8) is 0 Å². The minimum atomic E-state index is 0. The molecular formula is C7H13BrCl2NNaS4. The molecule has 1 nitrogen and oxygen atoms in total. The second kappa shape index (κ2) is 36.0. The number of rotatable bonds is 1. The normalized spacial score (nSPS) is 7.62. The first-order valence-electron chi connectivity index (χ1n) is 3.42. The van der Waals surface area contributed by atoms with Gasteiger partial charge in [-0.3, -0.25) is 0 Å². The van der Waals surface area contributed by atoms with Gasteiger partial charge in [0.25, 0.3) is 0 Å². The van der Waals surface area contributed by atoms with Crippen LogP contribution in [0, 0.1) is 0 Å². The molecule has 92 valence electrons. The summed E-state index contributed by atoms with van der Waals surface area (Å²) in [4.78, 5) is 0. The van der Waals surface area contributed by atoms with Gasteiger partial charge in [0, 0.05) is 22.6 Å². The van der Waals surface area contributed by atoms with Crippen LogP contribution in [0.4, 0.5) is 0 Å². The van der Waals surface area contributed by atoms with Gasteiger partial charge in [-0.05, 0) is 37.2 Å². The van der Waals surface area contributed by atoms with Gasteiger partial charge >= 0.3 is 29.6 Å². The predicted octanol–water partition coefficient (Wildman–Crippen LogP) is 0.923. The van der Waals surface area contributed by atoms with Gasteiger partial charge < -0.3 is 30.2 Å². The number of hydrogen-bond donors (Lipinski definition) is 1. The summed E-state index contributed by atoms with van der Waals surface area (Å²) in [7, 11) is 1.70. The van der Waals surface area contributed by atoms with Gasteiger partial charge in [-0.2, -0.15) is 0 Å². The number of nitrogens with one attached hydrogen (secondary N) is 1. The smallest absolute Gasteiger partial charge is 0.412 e. The van der Waals surface area contributed by atoms with Crippen LogP contribution in [0.2, 0.25) is 0 Å². The molecule has 16 heavy (non-hydrogen) atoms. The molecule has 0 rings (SSSR count). The first-order chi connectivity index (χ1) is 6.95. The average Bonchev–Trinajstić information content (AvgIpc) is 2.22. The molecule has 0 fully saturated rings. The summed E-state index contributed by atoms with van der Waals surface area (Å²) in [5.74, 6) is 2.36. The van der Waals surface area contributed by atoms with Gasteiger partial charge in [-0.1, -0.05) is 20.3 Å². The van der Waals surface area contributed by atoms with Crippen molar-refractivity contribution in [2.75, 3.05) is 18.8 Å². The van der Waals surface area contributed by atoms with Crippen molar-refractivity contribution in [1.29, 1.82) is 0 Å². The monoisotopic (exact) mass is 411 g/mol. The summed E-state index contributed by atoms with van der Waals surface area (Å²) in [6.07, 6.45) is 0. The average molecular weight is 413 g/mol. The second-order valence-corrected chi connectivity index (χ2v) is 4.35. The van der Waals surface area contributed by atoms with Crippen molar-refractivity contribution in [1.82, 2.24) is 5.32 Å². The number of halogens is 3. The molecule has 0 aliphatic carbocycles. The molecule has 0 aliphatic rings. The van der Waals surface area contributed by atoms with Gasteiger partial charge in [-0.25, -0.2) is 0 Å². The third-order valence-corrected chi connectivity index (χ3v) is 1.60. The number of thiocarbonyl (C=S) groups is 3. The van der Waals surface area contributed by atoms with Crippen molar-refractivity contribution in [2.24, 2.45) is 0 Å². The Morgan fingerprint density at radius 1 is 1.50 bits per heavy atom. The van der Waals surface area contributed by atoms with E-state index in [9.17, 15) is 0 Å². The molecular weight excluding hydrogens is 400 g/mol. The molecule has 0 heterocycles. The van der Waals surface area contributed by atoms with E-state index in [0.29, 0.717) is 10.2 Å². The minimum absolute atomic E-state index is 0. The van der Waals surface area contributed by atoms with Gasteiger partial charge in [-0.15, -0.1) is 23.2 Å². The molecule has 0 saturated heterocycles. The first-order valence-corrected chi connectivity index (χ1v) is 7.61. The number of alkyl halides is 3. The summed E-state index contributed by atoms with van der Waals surface area (Å²) in [6, 6.07) is 0. The molecule has 9 heteroatoms. The van der Waals surface area contributed by atoms with Crippen molar-refractivity contribution in [3.8, 4) is 0 Å². The molecule has 0 amide bonds. The Balaban J connectivity index is -0.0000000349. The van der Waals surface area contributed by atoms with Crippen molar-refractivity contribution in [2.45, 2.75) is 12.3 Å². The van der Waals surface area contributed by atoms with E-state index in [2.05, 4.69) is 70.5 Å². The van der Waals surface area contributed by atoms with Crippen LogP contribution < -0.4 is 34.9 Å². The molecule has 0 saturated carbocycles. The molecule has 1 atom stereocenters. The molecule has 0 aromatic rings. The van der Waals surface area contributed by atoms with E-state index in [1.807, 2.05) is 17.1 Å². The Hall–Kier alpha value is 2.39. The van der Waals surface area contributed by atoms with Crippen LogP contribution in [-0.4, -0.2) is 32.8 Å². The quantitative estimate of drug-likeness (QED) is 0.296. The Kier molecular flexibility index (Phi) is 69.8. The fraction of sp³-hybridized carbons (Fsp3) is 0.714. The van der Waals surface area contributed by atoms with E-state index in [1.165, 1.54) is 0 Å². The zero-order valence-corrected chi connectivity index (χ0v) is 17.9. The molecule has 1 N–H and O–H groups in total. The van der Waals surface area contributed by atoms with Crippen LogP contribution in [0.25, 0.3) is 0 Å². The standard InChI is InChI=1S/C3H6Cl2.C2H5NS2.CH3Br.CS2.Na/c1-3(5)2-4;1-3-2(4)5;1-2;2-1-3;/h3H,2H2,1H3;1H3,(H2,3,4,5);1H3;;/q;;;;+1/p-1. The molecule has 0 aliphatic heterocycles. The van der Waals surface area contributed by atoms with E-state index < -0.39 is 0 Å². The van der Waals surface area contributed by atoms with E-state index >= 15 is 0 Å². The molecule has 0 bridgehead atoms. The van der Waals surface area contributed by atoms with Crippen LogP contribution in [-0.2, 0) is 12.6 Å². The summed E-state index contributed by atoms with van der Waals surface area (Å²) in [5, 5.41) is 2.70. The van der Waals surface area contributed by atoms with Crippen LogP contribution >= 0.6 is 75.8 Å². The topological polar surface area (TPSA) is 12.0 Å². The predicted molar refractivity (Wildman–Crippen MR) is 90.1 cm³/mol. The summed E-state index contributed by atoms with van der Waals surface area (Å²) in [6.45, 7) is 1.86. The van der Waals surface area contributed by atoms with Crippen LogP contribution in [0.5, 0.6) is 0 Å². The van der Waals surface area contributed by atoms with E-state index in [1.54, 1.807) is 7.05 Å². The van der Waals surface area contributed by atoms with Crippen molar-refractivity contribution in [3.05, 3.63) is 0 Å². The Morgan fingerprint density at radius 3 is 1.62 bits per heavy atom. The molecule has 0 spiro atoms. The molecule has 0 radical (unpaired) electrons. The first kappa shape index (κ1) is 31.0. The Bertz CT molecular complexity index is 157. The minimum Gasteiger partial charge on any atom is -0.412 e. The maximum absolute atomic E-state index is 5.33. The SMILES string of the molecule is CBr.CC(Cl)CCl.CNC(=S)[S-].S=C=S.[Na+]. The van der Waals surface area contributed by atoms with Gasteiger partial charge in [0.15, 0.2) is 0 Å². The third-order valence-electron chi connectivity index (χ3n) is 0.417. The maximum Gasteiger partial charge on any atom is 1.00 e. The van der Waals surface area contributed by atoms with Crippen LogP contribution in [0.1, 0.15) is 6.92 Å². The van der Waals surface area contributed by atoms with Crippen LogP contribution in [0.15, 0.2) is 0 Å². The van der Waals surface area contributed by atoms with Crippen LogP contribution in [0.3, 0.4) is 0 Å². The van der Waals surface area contributed by atoms with Crippen molar-refractivity contribution >= 4 is 97.0 Å². The largest absolute Gasteiger partial charge is 1.00 e. The van der Waals surface area contributed by atoms with E-state index in [4.69, 9.17) is 23.2 Å². The zero-order chi connectivity index (χ0) is 13.3. The summed E-state index contributed by atoms with van der Waals surface area (Å²) < 4.78 is 2.34. The summed E-state index contributed by atoms with van der Waals surface area (Å²) in [5.41, 5.74) is 0. The van der Waals surface area contributed by atoms with Gasteiger partial charge in [0.05, 0.1) is 0 Å². The molecule has 1 unspecified atom stereocenters. The second-order valence-electron chi connectivity index (χ2n) is 1.56. The third kappa shape index (κ3) is 95.1. The zero-order valence-electron chi connectivity index (χ0n) is 9.55. The fourth-order valence-electron chi connectivity index (χ4n) is 0. The maximum atomic E-state index is 5.33. The number of hydrogen-bond acceptors (Lipinski definition) is 4. The molecule has 0 aromatic heterocycles. The van der Waals surface area contributed by atoms with Crippen molar-refractivity contribution < 1.29 is 29.6 Å². The van der Waals surface area contributed by atoms with Gasteiger partial charge in [0.1, 0.15) is 0 Å². The Labute approximate surface area is 161 Å². The Morgan fingerprint density at radius 2 is 1.62 bits per heavy atom. The van der Waals surface area contributed by atoms with Gasteiger partial charge in [0.2, 0.25) is 0 Å². The van der Waals surface area contributed by atoms with E-state index in [-0.39, 0.29) is 34.9 Å². The summed E-state index contributed by atoms with van der Waals surface area (Å²) >= 11 is 30.2.